The predicted octanol–water partition coefficient (Wildman–Crippen LogP) is 1.79. The zero-order valence-electron chi connectivity index (χ0n) is 7.20. The molecule has 0 heterocycles. The molecule has 0 aromatic carbocycles. The van der Waals surface area contributed by atoms with Crippen LogP contribution in [0.5, 0.6) is 0 Å². The van der Waals surface area contributed by atoms with Gasteiger partial charge in [0.1, 0.15) is 0 Å². The van der Waals surface area contributed by atoms with E-state index in [-0.39, 0.29) is 0 Å². The van der Waals surface area contributed by atoms with Gasteiger partial charge in [-0.2, -0.15) is 0 Å². The third-order valence-corrected chi connectivity index (χ3v) is 1.70. The van der Waals surface area contributed by atoms with Crippen molar-refractivity contribution < 1.29 is 0 Å². The van der Waals surface area contributed by atoms with Crippen LogP contribution in [-0.4, -0.2) is 13.1 Å². The lowest BCUT2D eigenvalue weighted by Gasteiger charge is -2.10. The summed E-state index contributed by atoms with van der Waals surface area (Å²) in [5.41, 5.74) is 0. The summed E-state index contributed by atoms with van der Waals surface area (Å²) in [6.45, 7) is 4.08. The molecule has 0 aliphatic carbocycles. The second kappa shape index (κ2) is 6.64. The van der Waals surface area contributed by atoms with Crippen molar-refractivity contribution in [2.75, 3.05) is 7.05 Å². The maximum Gasteiger partial charge on any atom is 0.0103 e. The monoisotopic (exact) mass is 139 g/mol. The second-order valence-corrected chi connectivity index (χ2v) is 2.36. The molecule has 1 atom stereocenters. The fraction of sp³-hybridized carbons (Fsp3) is 0.778. The van der Waals surface area contributed by atoms with Gasteiger partial charge in [0.05, 0.1) is 0 Å². The largest absolute Gasteiger partial charge is 0.317 e. The average molecular weight is 139 g/mol. The van der Waals surface area contributed by atoms with Crippen molar-refractivity contribution in [2.45, 2.75) is 39.2 Å². The van der Waals surface area contributed by atoms with Gasteiger partial charge in [-0.05, 0) is 26.8 Å². The highest BCUT2D eigenvalue weighted by atomic mass is 14.9. The molecule has 0 bridgehead atoms. The number of nitrogens with one attached hydrogen (secondary N) is 1. The van der Waals surface area contributed by atoms with E-state index in [0.29, 0.717) is 6.04 Å². The van der Waals surface area contributed by atoms with Crippen molar-refractivity contribution in [3.63, 3.8) is 0 Å². The molecule has 10 heavy (non-hydrogen) atoms. The minimum Gasteiger partial charge on any atom is -0.317 e. The summed E-state index contributed by atoms with van der Waals surface area (Å²) in [6, 6.07) is 0.654. The first-order chi connectivity index (χ1) is 4.85. The standard InChI is InChI=1S/C9H17N/c1-4-6-7-8-9(5-2)10-3/h9-10H,5,7-8H2,1-3H3. The molecule has 0 fully saturated rings. The van der Waals surface area contributed by atoms with Crippen molar-refractivity contribution >= 4 is 0 Å². The molecule has 0 aromatic rings. The zero-order chi connectivity index (χ0) is 7.82. The lowest BCUT2D eigenvalue weighted by atomic mass is 10.1. The summed E-state index contributed by atoms with van der Waals surface area (Å²) in [7, 11) is 2.01. The Morgan fingerprint density at radius 2 is 2.20 bits per heavy atom. The molecular weight excluding hydrogens is 122 g/mol. The molecule has 1 heteroatoms. The molecule has 0 aliphatic rings. The van der Waals surface area contributed by atoms with Crippen molar-refractivity contribution in [2.24, 2.45) is 0 Å². The Kier molecular flexibility index (Phi) is 6.32. The lowest BCUT2D eigenvalue weighted by Crippen LogP contribution is -2.23. The molecule has 0 amide bonds. The van der Waals surface area contributed by atoms with E-state index >= 15 is 0 Å². The van der Waals surface area contributed by atoms with E-state index in [2.05, 4.69) is 24.1 Å². The minimum absolute atomic E-state index is 0.654. The van der Waals surface area contributed by atoms with Crippen LogP contribution < -0.4 is 5.32 Å². The fourth-order valence-corrected chi connectivity index (χ4v) is 0.924. The highest BCUT2D eigenvalue weighted by molar-refractivity contribution is 4.95. The third-order valence-electron chi connectivity index (χ3n) is 1.70. The summed E-state index contributed by atoms with van der Waals surface area (Å²) in [6.07, 6.45) is 3.39. The van der Waals surface area contributed by atoms with Crippen LogP contribution in [0.25, 0.3) is 0 Å². The van der Waals surface area contributed by atoms with E-state index < -0.39 is 0 Å². The topological polar surface area (TPSA) is 12.0 Å². The zero-order valence-corrected chi connectivity index (χ0v) is 7.20. The summed E-state index contributed by atoms with van der Waals surface area (Å²) in [4.78, 5) is 0. The molecule has 0 aromatic heterocycles. The Morgan fingerprint density at radius 1 is 1.50 bits per heavy atom. The molecule has 0 saturated carbocycles. The lowest BCUT2D eigenvalue weighted by molar-refractivity contribution is 0.516. The first-order valence-electron chi connectivity index (χ1n) is 3.92. The van der Waals surface area contributed by atoms with Crippen LogP contribution in [0.3, 0.4) is 0 Å². The Balaban J connectivity index is 3.31. The summed E-state index contributed by atoms with van der Waals surface area (Å²) in [5, 5.41) is 3.24. The van der Waals surface area contributed by atoms with Crippen LogP contribution in [0.4, 0.5) is 0 Å². The van der Waals surface area contributed by atoms with E-state index in [1.165, 1.54) is 12.8 Å². The number of hydrogen-bond acceptors (Lipinski definition) is 1. The smallest absolute Gasteiger partial charge is 0.0103 e. The number of rotatable bonds is 4. The van der Waals surface area contributed by atoms with Crippen LogP contribution in [0.2, 0.25) is 0 Å². The van der Waals surface area contributed by atoms with Crippen molar-refractivity contribution in [1.29, 1.82) is 0 Å². The van der Waals surface area contributed by atoms with Gasteiger partial charge in [0.2, 0.25) is 0 Å². The van der Waals surface area contributed by atoms with Gasteiger partial charge in [0, 0.05) is 12.5 Å². The second-order valence-electron chi connectivity index (χ2n) is 2.36. The van der Waals surface area contributed by atoms with E-state index in [0.717, 1.165) is 6.42 Å². The van der Waals surface area contributed by atoms with Gasteiger partial charge in [0.15, 0.2) is 0 Å². The van der Waals surface area contributed by atoms with Gasteiger partial charge in [0.25, 0.3) is 0 Å². The van der Waals surface area contributed by atoms with E-state index in [4.69, 9.17) is 0 Å². The third kappa shape index (κ3) is 4.40. The highest BCUT2D eigenvalue weighted by Crippen LogP contribution is 1.98. The van der Waals surface area contributed by atoms with Gasteiger partial charge in [-0.15, -0.1) is 11.8 Å². The molecule has 1 nitrogen and oxygen atoms in total. The van der Waals surface area contributed by atoms with E-state index in [1.807, 2.05) is 14.0 Å². The van der Waals surface area contributed by atoms with Gasteiger partial charge in [-0.1, -0.05) is 6.92 Å². The molecule has 1 unspecified atom stereocenters. The average Bonchev–Trinajstić information content (AvgIpc) is 1.99. The van der Waals surface area contributed by atoms with E-state index in [9.17, 15) is 0 Å². The van der Waals surface area contributed by atoms with Crippen LogP contribution in [0.15, 0.2) is 0 Å². The van der Waals surface area contributed by atoms with Crippen molar-refractivity contribution in [3.8, 4) is 11.8 Å². The molecule has 0 spiro atoms. The van der Waals surface area contributed by atoms with Gasteiger partial charge < -0.3 is 5.32 Å². The first kappa shape index (κ1) is 9.52. The van der Waals surface area contributed by atoms with E-state index in [1.54, 1.807) is 0 Å². The van der Waals surface area contributed by atoms with Crippen LogP contribution in [0, 0.1) is 11.8 Å². The fourth-order valence-electron chi connectivity index (χ4n) is 0.924. The Morgan fingerprint density at radius 3 is 2.60 bits per heavy atom. The van der Waals surface area contributed by atoms with Crippen LogP contribution in [0.1, 0.15) is 33.1 Å². The van der Waals surface area contributed by atoms with Crippen molar-refractivity contribution in [3.05, 3.63) is 0 Å². The summed E-state index contributed by atoms with van der Waals surface area (Å²) in [5.74, 6) is 5.95. The first-order valence-corrected chi connectivity index (χ1v) is 3.92. The maximum absolute atomic E-state index is 3.24. The van der Waals surface area contributed by atoms with Gasteiger partial charge in [-0.25, -0.2) is 0 Å². The molecule has 0 aliphatic heterocycles. The predicted molar refractivity (Wildman–Crippen MR) is 45.8 cm³/mol. The maximum atomic E-state index is 3.24. The SMILES string of the molecule is CC#CCCC(CC)NC. The molecule has 1 N–H and O–H groups in total. The highest BCUT2D eigenvalue weighted by Gasteiger charge is 1.98. The van der Waals surface area contributed by atoms with Crippen molar-refractivity contribution in [1.82, 2.24) is 5.32 Å². The van der Waals surface area contributed by atoms with Gasteiger partial charge in [-0.3, -0.25) is 0 Å². The summed E-state index contributed by atoms with van der Waals surface area (Å²) < 4.78 is 0. The van der Waals surface area contributed by atoms with Gasteiger partial charge >= 0.3 is 0 Å². The molecule has 58 valence electrons. The Bertz CT molecular complexity index is 114. The normalized spacial score (nSPS) is 11.9. The molecule has 0 radical (unpaired) electrons. The quantitative estimate of drug-likeness (QED) is 0.585. The number of hydrogen-bond donors (Lipinski definition) is 1. The Labute approximate surface area is 64.2 Å². The molecule has 0 rings (SSSR count). The molecule has 0 saturated heterocycles. The van der Waals surface area contributed by atoms with Crippen LogP contribution in [-0.2, 0) is 0 Å². The Hall–Kier alpha value is -0.480. The summed E-state index contributed by atoms with van der Waals surface area (Å²) >= 11 is 0. The van der Waals surface area contributed by atoms with Crippen LogP contribution >= 0.6 is 0 Å². The minimum atomic E-state index is 0.654. The molecular formula is C9H17N.